The number of methoxy groups -OCH3 is 2. The van der Waals surface area contributed by atoms with Crippen LogP contribution in [0.15, 0.2) is 66.7 Å². The fourth-order valence-corrected chi connectivity index (χ4v) is 2.73. The fraction of sp³-hybridized carbons (Fsp3) is 0.0909. The maximum absolute atomic E-state index is 12.5. The van der Waals surface area contributed by atoms with Crippen LogP contribution in [0, 0.1) is 0 Å². The number of benzene rings is 3. The second-order valence-corrected chi connectivity index (χ2v) is 5.93. The Hall–Kier alpha value is -4.00. The molecule has 7 nitrogen and oxygen atoms in total. The third-order valence-corrected chi connectivity index (χ3v) is 4.10. The molecule has 0 aliphatic carbocycles. The zero-order chi connectivity index (χ0) is 20.8. The number of para-hydroxylation sites is 1. The molecule has 29 heavy (non-hydrogen) atoms. The Morgan fingerprint density at radius 1 is 0.862 bits per heavy atom. The second-order valence-electron chi connectivity index (χ2n) is 5.93. The van der Waals surface area contributed by atoms with Crippen molar-refractivity contribution in [2.24, 2.45) is 0 Å². The number of ether oxygens (including phenoxy) is 3. The molecule has 3 aromatic carbocycles. The number of rotatable bonds is 7. The number of carboxylic acids is 1. The van der Waals surface area contributed by atoms with Crippen LogP contribution in [0.3, 0.4) is 0 Å². The maximum Gasteiger partial charge on any atom is 0.337 e. The Morgan fingerprint density at radius 3 is 2.24 bits per heavy atom. The van der Waals surface area contributed by atoms with Crippen molar-refractivity contribution in [2.75, 3.05) is 19.5 Å². The standard InChI is InChI=1S/C22H19NO6/c1-27-18-9-6-10-19(20(18)28-2)29-15-11-12-16(22(25)26)17(13-15)23-21(24)14-7-4-3-5-8-14/h3-13H,1-2H3,(H,23,24)(H,25,26). The summed E-state index contributed by atoms with van der Waals surface area (Å²) < 4.78 is 16.4. The summed E-state index contributed by atoms with van der Waals surface area (Å²) in [6, 6.07) is 18.0. The zero-order valence-corrected chi connectivity index (χ0v) is 15.8. The third kappa shape index (κ3) is 4.47. The fourth-order valence-electron chi connectivity index (χ4n) is 2.73. The molecule has 0 aliphatic rings. The van der Waals surface area contributed by atoms with Gasteiger partial charge in [-0.15, -0.1) is 0 Å². The van der Waals surface area contributed by atoms with Gasteiger partial charge in [0.2, 0.25) is 5.75 Å². The molecule has 0 atom stereocenters. The molecular weight excluding hydrogens is 374 g/mol. The Morgan fingerprint density at radius 2 is 1.59 bits per heavy atom. The van der Waals surface area contributed by atoms with E-state index in [4.69, 9.17) is 14.2 Å². The topological polar surface area (TPSA) is 94.1 Å². The molecule has 0 saturated carbocycles. The van der Waals surface area contributed by atoms with E-state index in [9.17, 15) is 14.7 Å². The largest absolute Gasteiger partial charge is 0.493 e. The number of hydrogen-bond donors (Lipinski definition) is 2. The summed E-state index contributed by atoms with van der Waals surface area (Å²) in [5, 5.41) is 12.1. The van der Waals surface area contributed by atoms with Gasteiger partial charge < -0.3 is 24.6 Å². The van der Waals surface area contributed by atoms with Gasteiger partial charge in [-0.05, 0) is 36.4 Å². The minimum Gasteiger partial charge on any atom is -0.493 e. The summed E-state index contributed by atoms with van der Waals surface area (Å²) in [4.78, 5) is 24.0. The predicted octanol–water partition coefficient (Wildman–Crippen LogP) is 4.45. The van der Waals surface area contributed by atoms with E-state index in [-0.39, 0.29) is 11.3 Å². The van der Waals surface area contributed by atoms with Gasteiger partial charge in [0.05, 0.1) is 25.5 Å². The van der Waals surface area contributed by atoms with E-state index in [0.717, 1.165) is 0 Å². The molecule has 1 amide bonds. The molecule has 7 heteroatoms. The van der Waals surface area contributed by atoms with Crippen LogP contribution in [-0.2, 0) is 0 Å². The molecule has 3 aromatic rings. The average Bonchev–Trinajstić information content (AvgIpc) is 2.74. The highest BCUT2D eigenvalue weighted by Gasteiger charge is 2.17. The van der Waals surface area contributed by atoms with Crippen molar-refractivity contribution in [2.45, 2.75) is 0 Å². The van der Waals surface area contributed by atoms with Crippen molar-refractivity contribution >= 4 is 17.6 Å². The van der Waals surface area contributed by atoms with Crippen LogP contribution in [0.5, 0.6) is 23.0 Å². The van der Waals surface area contributed by atoms with E-state index in [1.165, 1.54) is 32.4 Å². The number of carbonyl (C=O) groups is 2. The minimum absolute atomic E-state index is 0.0563. The van der Waals surface area contributed by atoms with Crippen LogP contribution >= 0.6 is 0 Å². The van der Waals surface area contributed by atoms with Crippen LogP contribution in [0.2, 0.25) is 0 Å². The molecule has 148 valence electrons. The van der Waals surface area contributed by atoms with Crippen molar-refractivity contribution in [3.05, 3.63) is 77.9 Å². The summed E-state index contributed by atoms with van der Waals surface area (Å²) >= 11 is 0. The average molecular weight is 393 g/mol. The lowest BCUT2D eigenvalue weighted by molar-refractivity contribution is 0.0698. The molecule has 0 unspecified atom stereocenters. The zero-order valence-electron chi connectivity index (χ0n) is 15.8. The molecule has 0 radical (unpaired) electrons. The van der Waals surface area contributed by atoms with Gasteiger partial charge in [-0.3, -0.25) is 4.79 Å². The van der Waals surface area contributed by atoms with Crippen LogP contribution in [0.25, 0.3) is 0 Å². The number of aromatic carboxylic acids is 1. The molecule has 0 saturated heterocycles. The van der Waals surface area contributed by atoms with Gasteiger partial charge in [0, 0.05) is 11.6 Å². The highest BCUT2D eigenvalue weighted by atomic mass is 16.5. The number of hydrogen-bond acceptors (Lipinski definition) is 5. The van der Waals surface area contributed by atoms with E-state index in [2.05, 4.69) is 5.32 Å². The summed E-state index contributed by atoms with van der Waals surface area (Å²) in [6.45, 7) is 0. The molecular formula is C22H19NO6. The van der Waals surface area contributed by atoms with E-state index >= 15 is 0 Å². The monoisotopic (exact) mass is 393 g/mol. The third-order valence-electron chi connectivity index (χ3n) is 4.10. The Balaban J connectivity index is 1.93. The number of carboxylic acid groups (broad SMARTS) is 1. The summed E-state index contributed by atoms with van der Waals surface area (Å²) in [5.41, 5.74) is 0.467. The SMILES string of the molecule is COc1cccc(Oc2ccc(C(=O)O)c(NC(=O)c3ccccc3)c2)c1OC. The lowest BCUT2D eigenvalue weighted by Crippen LogP contribution is -2.14. The molecule has 2 N–H and O–H groups in total. The summed E-state index contributed by atoms with van der Waals surface area (Å²) in [5.74, 6) is 0.000186. The Kier molecular flexibility index (Phi) is 5.99. The lowest BCUT2D eigenvalue weighted by Gasteiger charge is -2.15. The van der Waals surface area contributed by atoms with Gasteiger partial charge in [-0.2, -0.15) is 0 Å². The smallest absolute Gasteiger partial charge is 0.337 e. The van der Waals surface area contributed by atoms with Crippen molar-refractivity contribution < 1.29 is 28.9 Å². The second kappa shape index (κ2) is 8.79. The van der Waals surface area contributed by atoms with Crippen LogP contribution in [0.1, 0.15) is 20.7 Å². The van der Waals surface area contributed by atoms with Crippen molar-refractivity contribution in [3.63, 3.8) is 0 Å². The lowest BCUT2D eigenvalue weighted by atomic mass is 10.1. The molecule has 0 aliphatic heterocycles. The van der Waals surface area contributed by atoms with Gasteiger partial charge in [0.25, 0.3) is 5.91 Å². The first-order valence-corrected chi connectivity index (χ1v) is 8.66. The first kappa shape index (κ1) is 19.8. The number of amides is 1. The molecule has 0 heterocycles. The van der Waals surface area contributed by atoms with Crippen molar-refractivity contribution in [1.82, 2.24) is 0 Å². The predicted molar refractivity (Wildman–Crippen MR) is 107 cm³/mol. The van der Waals surface area contributed by atoms with E-state index in [0.29, 0.717) is 28.6 Å². The van der Waals surface area contributed by atoms with Gasteiger partial charge in [0.1, 0.15) is 5.75 Å². The van der Waals surface area contributed by atoms with Gasteiger partial charge in [0.15, 0.2) is 11.5 Å². The number of carbonyl (C=O) groups excluding carboxylic acids is 1. The van der Waals surface area contributed by atoms with E-state index in [1.54, 1.807) is 48.5 Å². The maximum atomic E-state index is 12.5. The van der Waals surface area contributed by atoms with Crippen LogP contribution in [0.4, 0.5) is 5.69 Å². The van der Waals surface area contributed by atoms with Gasteiger partial charge in [-0.25, -0.2) is 4.79 Å². The summed E-state index contributed by atoms with van der Waals surface area (Å²) in [7, 11) is 3.00. The van der Waals surface area contributed by atoms with Crippen LogP contribution < -0.4 is 19.5 Å². The number of anilines is 1. The highest BCUT2D eigenvalue weighted by Crippen LogP contribution is 2.39. The van der Waals surface area contributed by atoms with Gasteiger partial charge >= 0.3 is 5.97 Å². The normalized spacial score (nSPS) is 10.1. The quantitative estimate of drug-likeness (QED) is 0.616. The molecule has 3 rings (SSSR count). The minimum atomic E-state index is -1.17. The first-order chi connectivity index (χ1) is 14.0. The molecule has 0 bridgehead atoms. The summed E-state index contributed by atoms with van der Waals surface area (Å²) in [6.07, 6.45) is 0. The Labute approximate surface area is 167 Å². The first-order valence-electron chi connectivity index (χ1n) is 8.66. The van der Waals surface area contributed by atoms with Crippen LogP contribution in [-0.4, -0.2) is 31.2 Å². The number of nitrogens with one attached hydrogen (secondary N) is 1. The molecule has 0 spiro atoms. The van der Waals surface area contributed by atoms with E-state index < -0.39 is 11.9 Å². The molecule has 0 aromatic heterocycles. The molecule has 0 fully saturated rings. The highest BCUT2D eigenvalue weighted by molar-refractivity contribution is 6.07. The van der Waals surface area contributed by atoms with Crippen molar-refractivity contribution in [1.29, 1.82) is 0 Å². The van der Waals surface area contributed by atoms with Crippen molar-refractivity contribution in [3.8, 4) is 23.0 Å². The van der Waals surface area contributed by atoms with E-state index in [1.807, 2.05) is 0 Å². The Bertz CT molecular complexity index is 1030. The van der Waals surface area contributed by atoms with Gasteiger partial charge in [-0.1, -0.05) is 24.3 Å².